The molecule has 45 heavy (non-hydrogen) atoms. The van der Waals surface area contributed by atoms with Crippen molar-refractivity contribution in [1.29, 1.82) is 0 Å². The summed E-state index contributed by atoms with van der Waals surface area (Å²) in [5, 5.41) is 3.73. The van der Waals surface area contributed by atoms with Gasteiger partial charge in [-0.15, -0.1) is 54.1 Å². The van der Waals surface area contributed by atoms with Gasteiger partial charge in [0, 0.05) is 37.9 Å². The quantitative estimate of drug-likeness (QED) is 0.129. The first-order chi connectivity index (χ1) is 21.3. The molecule has 1 saturated carbocycles. The Morgan fingerprint density at radius 1 is 0.733 bits per heavy atom. The second-order valence-electron chi connectivity index (χ2n) is 13.3. The maximum atomic E-state index is 6.51. The predicted octanol–water partition coefficient (Wildman–Crippen LogP) is 10.7. The fourth-order valence-corrected chi connectivity index (χ4v) is 7.70. The number of pyridine rings is 2. The van der Waals surface area contributed by atoms with Gasteiger partial charge in [-0.1, -0.05) is 106 Å². The minimum absolute atomic E-state index is 0. The molecular weight excluding hydrogens is 745 g/mol. The Morgan fingerprint density at radius 3 is 2.13 bits per heavy atom. The summed E-state index contributed by atoms with van der Waals surface area (Å²) in [5.41, 5.74) is 8.56. The maximum Gasteiger partial charge on any atom is 0.120 e. The van der Waals surface area contributed by atoms with Crippen LogP contribution in [0, 0.1) is 12.1 Å². The minimum Gasteiger partial charge on any atom is -0.501 e. The van der Waals surface area contributed by atoms with Crippen molar-refractivity contribution < 1.29 is 24.5 Å². The van der Waals surface area contributed by atoms with Crippen LogP contribution in [0.15, 0.2) is 95.7 Å². The smallest absolute Gasteiger partial charge is 0.120 e. The minimum atomic E-state index is -1.50. The van der Waals surface area contributed by atoms with Gasteiger partial charge >= 0.3 is 0 Å². The SMILES string of the molecule is CC(C)c1ccc(-c2[c-]cccc2)nc1.C[Si](C)(C)c1cccc2c1oc1c(-c3ccc(C4CCCCC4)cn3)[c-]ccc12.[Ir]. The molecule has 1 aliphatic rings. The summed E-state index contributed by atoms with van der Waals surface area (Å²) in [6.07, 6.45) is 10.7. The Balaban J connectivity index is 0.000000212. The van der Waals surface area contributed by atoms with Crippen LogP contribution in [0.3, 0.4) is 0 Å². The third kappa shape index (κ3) is 7.38. The molecule has 0 amide bonds. The molecule has 0 bridgehead atoms. The van der Waals surface area contributed by atoms with Crippen molar-refractivity contribution in [3.63, 3.8) is 0 Å². The number of aromatic nitrogens is 2. The van der Waals surface area contributed by atoms with Crippen molar-refractivity contribution in [2.75, 3.05) is 0 Å². The van der Waals surface area contributed by atoms with E-state index in [4.69, 9.17) is 9.40 Å². The van der Waals surface area contributed by atoms with Gasteiger partial charge in [0.05, 0.1) is 13.7 Å². The van der Waals surface area contributed by atoms with E-state index in [0.29, 0.717) is 11.8 Å². The van der Waals surface area contributed by atoms with Crippen LogP contribution in [-0.2, 0) is 20.1 Å². The monoisotopic (exact) mass is 787 g/mol. The Bertz CT molecular complexity index is 1830. The summed E-state index contributed by atoms with van der Waals surface area (Å²) in [6, 6.07) is 33.8. The number of para-hydroxylation sites is 1. The molecule has 6 aromatic rings. The molecule has 1 radical (unpaired) electrons. The second-order valence-corrected chi connectivity index (χ2v) is 18.4. The van der Waals surface area contributed by atoms with Gasteiger partial charge in [0.2, 0.25) is 0 Å². The van der Waals surface area contributed by atoms with Crippen molar-refractivity contribution >= 4 is 35.2 Å². The largest absolute Gasteiger partial charge is 0.501 e. The summed E-state index contributed by atoms with van der Waals surface area (Å²) < 4.78 is 6.51. The van der Waals surface area contributed by atoms with Gasteiger partial charge in [0.1, 0.15) is 5.58 Å². The van der Waals surface area contributed by atoms with E-state index in [0.717, 1.165) is 39.1 Å². The number of rotatable bonds is 5. The molecular formula is C40H42IrN2OSi-2. The molecule has 3 aromatic carbocycles. The van der Waals surface area contributed by atoms with Crippen LogP contribution >= 0.6 is 0 Å². The standard InChI is InChI=1S/C26H28NOSi.C14H14N.Ir/c1-29(2,3)24-14-8-12-21-20-11-7-13-22(25(20)28-26(21)24)23-16-15-19(17-27-23)18-9-5-4-6-10-18;1-11(2)13-8-9-14(15-10-13)12-6-4-3-5-7-12;/h7-8,11-12,14-18H,4-6,9-10H2,1-3H3;3-6,8-11H,1-2H3;/q2*-1;. The molecule has 233 valence electrons. The molecule has 3 aromatic heterocycles. The van der Waals surface area contributed by atoms with Crippen molar-refractivity contribution in [3.8, 4) is 22.5 Å². The fraction of sp³-hybridized carbons (Fsp3) is 0.300. The van der Waals surface area contributed by atoms with Crippen LogP contribution in [0.4, 0.5) is 0 Å². The first-order valence-corrected chi connectivity index (χ1v) is 19.6. The molecule has 5 heteroatoms. The fourth-order valence-electron chi connectivity index (χ4n) is 6.23. The molecule has 0 N–H and O–H groups in total. The third-order valence-electron chi connectivity index (χ3n) is 8.82. The number of fused-ring (bicyclic) bond motifs is 3. The molecule has 0 aliphatic heterocycles. The molecule has 0 spiro atoms. The van der Waals surface area contributed by atoms with Crippen LogP contribution in [-0.4, -0.2) is 18.0 Å². The van der Waals surface area contributed by atoms with Crippen LogP contribution in [0.1, 0.15) is 68.9 Å². The van der Waals surface area contributed by atoms with Gasteiger partial charge in [-0.05, 0) is 52.4 Å². The third-order valence-corrected chi connectivity index (χ3v) is 10.8. The van der Waals surface area contributed by atoms with Crippen molar-refractivity contribution in [3.05, 3.63) is 115 Å². The van der Waals surface area contributed by atoms with Gasteiger partial charge in [-0.3, -0.25) is 0 Å². The van der Waals surface area contributed by atoms with Crippen molar-refractivity contribution in [2.45, 2.75) is 77.4 Å². The zero-order valence-corrected chi connectivity index (χ0v) is 30.4. The van der Waals surface area contributed by atoms with Crippen molar-refractivity contribution in [2.24, 2.45) is 0 Å². The maximum absolute atomic E-state index is 6.51. The van der Waals surface area contributed by atoms with Crippen LogP contribution < -0.4 is 5.19 Å². The zero-order chi connectivity index (χ0) is 30.7. The topological polar surface area (TPSA) is 38.9 Å². The van der Waals surface area contributed by atoms with Crippen LogP contribution in [0.5, 0.6) is 0 Å². The summed E-state index contributed by atoms with van der Waals surface area (Å²) >= 11 is 0. The molecule has 1 fully saturated rings. The second kappa shape index (κ2) is 14.4. The summed E-state index contributed by atoms with van der Waals surface area (Å²) in [6.45, 7) is 11.4. The zero-order valence-electron chi connectivity index (χ0n) is 27.0. The van der Waals surface area contributed by atoms with E-state index in [9.17, 15) is 0 Å². The van der Waals surface area contributed by atoms with Crippen LogP contribution in [0.25, 0.3) is 44.5 Å². The van der Waals surface area contributed by atoms with Gasteiger partial charge in [-0.25, -0.2) is 0 Å². The average molecular weight is 787 g/mol. The molecule has 0 saturated heterocycles. The van der Waals surface area contributed by atoms with E-state index in [1.165, 1.54) is 53.8 Å². The van der Waals surface area contributed by atoms with E-state index < -0.39 is 8.07 Å². The van der Waals surface area contributed by atoms with E-state index in [2.05, 4.69) is 105 Å². The number of hydrogen-bond donors (Lipinski definition) is 0. The van der Waals surface area contributed by atoms with E-state index in [1.807, 2.05) is 36.5 Å². The number of hydrogen-bond acceptors (Lipinski definition) is 3. The molecule has 3 heterocycles. The molecule has 1 aliphatic carbocycles. The molecule has 7 rings (SSSR count). The number of nitrogens with zero attached hydrogens (tertiary/aromatic N) is 2. The molecule has 0 unspecified atom stereocenters. The Kier molecular flexibility index (Phi) is 10.5. The van der Waals surface area contributed by atoms with Gasteiger partial charge in [0.15, 0.2) is 0 Å². The normalized spacial score (nSPS) is 13.8. The van der Waals surface area contributed by atoms with Crippen molar-refractivity contribution in [1.82, 2.24) is 9.97 Å². The summed E-state index contributed by atoms with van der Waals surface area (Å²) in [5.74, 6) is 1.21. The summed E-state index contributed by atoms with van der Waals surface area (Å²) in [7, 11) is -1.50. The van der Waals surface area contributed by atoms with E-state index in [1.54, 1.807) is 0 Å². The van der Waals surface area contributed by atoms with E-state index >= 15 is 0 Å². The average Bonchev–Trinajstić information content (AvgIpc) is 3.45. The molecule has 0 atom stereocenters. The predicted molar refractivity (Wildman–Crippen MR) is 187 cm³/mol. The summed E-state index contributed by atoms with van der Waals surface area (Å²) in [4.78, 5) is 9.27. The number of furan rings is 1. The molecule has 3 nitrogen and oxygen atoms in total. The Hall–Kier alpha value is -3.37. The van der Waals surface area contributed by atoms with Gasteiger partial charge in [0.25, 0.3) is 0 Å². The first-order valence-electron chi connectivity index (χ1n) is 16.1. The Morgan fingerprint density at radius 2 is 1.49 bits per heavy atom. The van der Waals surface area contributed by atoms with Gasteiger partial charge in [-0.2, -0.15) is 0 Å². The van der Waals surface area contributed by atoms with Crippen LogP contribution in [0.2, 0.25) is 19.6 Å². The first kappa shape index (κ1) is 33.0. The van der Waals surface area contributed by atoms with Gasteiger partial charge < -0.3 is 14.4 Å². The van der Waals surface area contributed by atoms with E-state index in [-0.39, 0.29) is 20.1 Å². The number of benzene rings is 3. The Labute approximate surface area is 282 Å².